The predicted molar refractivity (Wildman–Crippen MR) is 67.9 cm³/mol. The summed E-state index contributed by atoms with van der Waals surface area (Å²) in [6, 6.07) is -0.401. The summed E-state index contributed by atoms with van der Waals surface area (Å²) in [5.41, 5.74) is 0.195. The van der Waals surface area contributed by atoms with E-state index in [9.17, 15) is 9.59 Å². The molecule has 1 aliphatic carbocycles. The molecule has 100 valence electrons. The molecule has 18 heavy (non-hydrogen) atoms. The van der Waals surface area contributed by atoms with Gasteiger partial charge in [0.05, 0.1) is 6.54 Å². The van der Waals surface area contributed by atoms with Crippen molar-refractivity contribution in [3.63, 3.8) is 0 Å². The molecule has 0 heterocycles. The highest BCUT2D eigenvalue weighted by Crippen LogP contribution is 2.51. The molecule has 0 aromatic rings. The number of amides is 2. The van der Waals surface area contributed by atoms with Gasteiger partial charge < -0.3 is 15.3 Å². The Morgan fingerprint density at radius 2 is 2.11 bits per heavy atom. The molecule has 5 nitrogen and oxygen atoms in total. The second kappa shape index (κ2) is 5.76. The fourth-order valence-electron chi connectivity index (χ4n) is 1.96. The average molecular weight is 252 g/mol. The van der Waals surface area contributed by atoms with Crippen LogP contribution < -0.4 is 5.32 Å². The summed E-state index contributed by atoms with van der Waals surface area (Å²) in [6.07, 6.45) is 7.34. The minimum Gasteiger partial charge on any atom is -0.480 e. The lowest BCUT2D eigenvalue weighted by atomic mass is 9.92. The summed E-state index contributed by atoms with van der Waals surface area (Å²) in [6.45, 7) is 4.49. The molecule has 1 aliphatic rings. The molecular weight excluding hydrogens is 232 g/mol. The van der Waals surface area contributed by atoms with E-state index in [4.69, 9.17) is 11.5 Å². The molecule has 0 aliphatic heterocycles. The van der Waals surface area contributed by atoms with Crippen molar-refractivity contribution in [3.8, 4) is 12.3 Å². The first-order valence-corrected chi connectivity index (χ1v) is 6.09. The quantitative estimate of drug-likeness (QED) is 0.697. The Bertz CT molecular complexity index is 367. The average Bonchev–Trinajstić information content (AvgIpc) is 3.05. The molecule has 0 aromatic heterocycles. The molecule has 0 atom stereocenters. The topological polar surface area (TPSA) is 69.6 Å². The maximum atomic E-state index is 11.8. The van der Waals surface area contributed by atoms with Crippen LogP contribution in [-0.4, -0.2) is 41.6 Å². The molecular formula is C13H20N2O3. The van der Waals surface area contributed by atoms with Crippen LogP contribution in [0.3, 0.4) is 0 Å². The van der Waals surface area contributed by atoms with Crippen LogP contribution in [0.15, 0.2) is 0 Å². The fourth-order valence-corrected chi connectivity index (χ4v) is 1.96. The molecule has 1 saturated carbocycles. The van der Waals surface area contributed by atoms with Crippen LogP contribution in [0.5, 0.6) is 0 Å². The van der Waals surface area contributed by atoms with E-state index in [2.05, 4.69) is 25.1 Å². The van der Waals surface area contributed by atoms with Crippen LogP contribution in [0.25, 0.3) is 0 Å². The highest BCUT2D eigenvalue weighted by molar-refractivity contribution is 5.80. The predicted octanol–water partition coefficient (Wildman–Crippen LogP) is 1.15. The summed E-state index contributed by atoms with van der Waals surface area (Å²) >= 11 is 0. The number of rotatable bonds is 6. The third-order valence-electron chi connectivity index (χ3n) is 3.60. The number of nitrogens with zero attached hydrogens (tertiary/aromatic N) is 1. The number of hydrogen-bond donors (Lipinski definition) is 2. The number of nitrogens with one attached hydrogen (secondary N) is 1. The van der Waals surface area contributed by atoms with Gasteiger partial charge in [-0.15, -0.1) is 6.42 Å². The van der Waals surface area contributed by atoms with E-state index >= 15 is 0 Å². The lowest BCUT2D eigenvalue weighted by Gasteiger charge is -2.23. The number of hydrogen-bond acceptors (Lipinski definition) is 2. The summed E-state index contributed by atoms with van der Waals surface area (Å²) in [7, 11) is 0. The van der Waals surface area contributed by atoms with Crippen molar-refractivity contribution in [3.05, 3.63) is 0 Å². The summed E-state index contributed by atoms with van der Waals surface area (Å²) in [4.78, 5) is 23.6. The van der Waals surface area contributed by atoms with Crippen molar-refractivity contribution in [1.82, 2.24) is 10.2 Å². The lowest BCUT2D eigenvalue weighted by Crippen LogP contribution is -2.45. The molecule has 2 amide bonds. The molecule has 1 fully saturated rings. The summed E-state index contributed by atoms with van der Waals surface area (Å²) in [5, 5.41) is 11.5. The zero-order chi connectivity index (χ0) is 13.8. The molecule has 1 rings (SSSR count). The molecule has 0 saturated heterocycles. The second-order valence-corrected chi connectivity index (χ2v) is 5.13. The van der Waals surface area contributed by atoms with Crippen LogP contribution in [-0.2, 0) is 4.79 Å². The standard InChI is InChI=1S/C13H20N2O3/c1-4-7-15(8-11(16)17)12(18)14-9-13(5-6-13)10(2)3/h1,10H,5-9H2,2-3H3,(H,14,18)(H,16,17). The first-order chi connectivity index (χ1) is 8.41. The van der Waals surface area contributed by atoms with Crippen molar-refractivity contribution < 1.29 is 14.7 Å². The molecule has 0 unspecified atom stereocenters. The van der Waals surface area contributed by atoms with Crippen LogP contribution >= 0.6 is 0 Å². The Morgan fingerprint density at radius 1 is 1.50 bits per heavy atom. The SMILES string of the molecule is C#CCN(CC(=O)O)C(=O)NCC1(C(C)C)CC1. The second-order valence-electron chi connectivity index (χ2n) is 5.13. The van der Waals surface area contributed by atoms with Gasteiger partial charge in [-0.2, -0.15) is 0 Å². The van der Waals surface area contributed by atoms with Crippen LogP contribution in [0.2, 0.25) is 0 Å². The lowest BCUT2D eigenvalue weighted by molar-refractivity contribution is -0.137. The largest absolute Gasteiger partial charge is 0.480 e. The van der Waals surface area contributed by atoms with Crippen LogP contribution in [0.4, 0.5) is 4.79 Å². The van der Waals surface area contributed by atoms with Gasteiger partial charge in [-0.3, -0.25) is 4.79 Å². The van der Waals surface area contributed by atoms with E-state index in [1.54, 1.807) is 0 Å². The Hall–Kier alpha value is -1.70. The molecule has 0 radical (unpaired) electrons. The van der Waals surface area contributed by atoms with Crippen molar-refractivity contribution >= 4 is 12.0 Å². The first kappa shape index (κ1) is 14.4. The van der Waals surface area contributed by atoms with Gasteiger partial charge in [0.25, 0.3) is 0 Å². The maximum Gasteiger partial charge on any atom is 0.323 e. The number of carbonyl (C=O) groups is 2. The zero-order valence-electron chi connectivity index (χ0n) is 10.9. The number of aliphatic carboxylic acids is 1. The van der Waals surface area contributed by atoms with Crippen LogP contribution in [0.1, 0.15) is 26.7 Å². The molecule has 0 bridgehead atoms. The van der Waals surface area contributed by atoms with E-state index in [0.717, 1.165) is 17.7 Å². The van der Waals surface area contributed by atoms with Gasteiger partial charge in [0, 0.05) is 6.54 Å². The van der Waals surface area contributed by atoms with E-state index in [1.165, 1.54) is 0 Å². The normalized spacial score (nSPS) is 15.9. The monoisotopic (exact) mass is 252 g/mol. The molecule has 2 N–H and O–H groups in total. The molecule has 5 heteroatoms. The van der Waals surface area contributed by atoms with Crippen LogP contribution in [0, 0.1) is 23.7 Å². The van der Waals surface area contributed by atoms with E-state index < -0.39 is 12.0 Å². The van der Waals surface area contributed by atoms with Gasteiger partial charge in [-0.1, -0.05) is 19.8 Å². The molecule has 0 spiro atoms. The Kier molecular flexibility index (Phi) is 4.60. The molecule has 0 aromatic carbocycles. The smallest absolute Gasteiger partial charge is 0.323 e. The zero-order valence-corrected chi connectivity index (χ0v) is 10.9. The van der Waals surface area contributed by atoms with Gasteiger partial charge >= 0.3 is 12.0 Å². The number of carboxylic acid groups (broad SMARTS) is 1. The van der Waals surface area contributed by atoms with E-state index in [0.29, 0.717) is 12.5 Å². The van der Waals surface area contributed by atoms with Gasteiger partial charge in [-0.25, -0.2) is 4.79 Å². The first-order valence-electron chi connectivity index (χ1n) is 6.09. The Labute approximate surface area is 108 Å². The Balaban J connectivity index is 2.47. The van der Waals surface area contributed by atoms with E-state index in [1.807, 2.05) is 0 Å². The number of urea groups is 1. The maximum absolute atomic E-state index is 11.8. The summed E-state index contributed by atoms with van der Waals surface area (Å²) in [5.74, 6) is 1.74. The van der Waals surface area contributed by atoms with Crippen molar-refractivity contribution in [2.75, 3.05) is 19.6 Å². The number of carboxylic acids is 1. The van der Waals surface area contributed by atoms with Gasteiger partial charge in [0.2, 0.25) is 0 Å². The number of carbonyl (C=O) groups excluding carboxylic acids is 1. The summed E-state index contributed by atoms with van der Waals surface area (Å²) < 4.78 is 0. The van der Waals surface area contributed by atoms with Gasteiger partial charge in [0.15, 0.2) is 0 Å². The number of terminal acetylenes is 1. The van der Waals surface area contributed by atoms with Gasteiger partial charge in [0.1, 0.15) is 6.54 Å². The van der Waals surface area contributed by atoms with Crippen molar-refractivity contribution in [1.29, 1.82) is 0 Å². The van der Waals surface area contributed by atoms with E-state index in [-0.39, 0.29) is 18.5 Å². The van der Waals surface area contributed by atoms with Crippen molar-refractivity contribution in [2.45, 2.75) is 26.7 Å². The minimum absolute atomic E-state index is 0.00676. The fraction of sp³-hybridized carbons (Fsp3) is 0.692. The van der Waals surface area contributed by atoms with Gasteiger partial charge in [-0.05, 0) is 24.2 Å². The highest BCUT2D eigenvalue weighted by Gasteiger charge is 2.45. The third kappa shape index (κ3) is 3.66. The third-order valence-corrected chi connectivity index (χ3v) is 3.60. The van der Waals surface area contributed by atoms with Crippen molar-refractivity contribution in [2.24, 2.45) is 11.3 Å². The highest BCUT2D eigenvalue weighted by atomic mass is 16.4. The minimum atomic E-state index is -1.06. The Morgan fingerprint density at radius 3 is 2.50 bits per heavy atom.